The van der Waals surface area contributed by atoms with Gasteiger partial charge in [-0.3, -0.25) is 10.4 Å². The van der Waals surface area contributed by atoms with Gasteiger partial charge in [0.15, 0.2) is 0 Å². The van der Waals surface area contributed by atoms with Crippen LogP contribution in [0, 0.1) is 24.8 Å². The van der Waals surface area contributed by atoms with Crippen molar-refractivity contribution in [2.45, 2.75) is 40.0 Å². The molecule has 3 aromatic rings. The largest absolute Gasteiger partial charge is 0.455 e. The lowest BCUT2D eigenvalue weighted by molar-refractivity contribution is 0.475. The third-order valence-electron chi connectivity index (χ3n) is 4.68. The number of ether oxygens (including phenoxy) is 1. The SMILES string of the molecule is CCc1nc(C)c(Oc2ccnc(Nc3cc(C)cc(CCC(=N)N=N)c3)c2)cc1Cl. The molecule has 0 spiro atoms. The third kappa shape index (κ3) is 6.08. The first-order valence-electron chi connectivity index (χ1n) is 10.00. The highest BCUT2D eigenvalue weighted by Gasteiger charge is 2.10. The second kappa shape index (κ2) is 10.1. The number of aryl methyl sites for hydroxylation is 4. The Morgan fingerprint density at radius 2 is 2.00 bits per heavy atom. The summed E-state index contributed by atoms with van der Waals surface area (Å²) < 4.78 is 6.01. The standard InChI is InChI=1S/C23H25ClN6O/c1-4-20-19(24)13-21(15(3)28-20)31-18-7-8-27-23(12-18)29-17-10-14(2)9-16(11-17)5-6-22(25)30-26/h7-13,25-26H,4-6H2,1-3H3,(H,27,29). The van der Waals surface area contributed by atoms with E-state index in [2.05, 4.69) is 26.5 Å². The number of rotatable bonds is 8. The summed E-state index contributed by atoms with van der Waals surface area (Å²) in [7, 11) is 0. The predicted octanol–water partition coefficient (Wildman–Crippen LogP) is 6.79. The quantitative estimate of drug-likeness (QED) is 0.205. The first-order chi connectivity index (χ1) is 14.9. The molecule has 0 aliphatic heterocycles. The average molecular weight is 437 g/mol. The maximum atomic E-state index is 7.53. The highest BCUT2D eigenvalue weighted by molar-refractivity contribution is 6.31. The van der Waals surface area contributed by atoms with Gasteiger partial charge in [-0.2, -0.15) is 0 Å². The maximum absolute atomic E-state index is 7.53. The van der Waals surface area contributed by atoms with Crippen LogP contribution >= 0.6 is 11.6 Å². The van der Waals surface area contributed by atoms with Crippen molar-refractivity contribution >= 4 is 28.9 Å². The van der Waals surface area contributed by atoms with Crippen LogP contribution in [-0.2, 0) is 12.8 Å². The van der Waals surface area contributed by atoms with Crippen molar-refractivity contribution in [3.63, 3.8) is 0 Å². The molecule has 0 bridgehead atoms. The summed E-state index contributed by atoms with van der Waals surface area (Å²) in [4.78, 5) is 8.89. The Morgan fingerprint density at radius 1 is 1.19 bits per heavy atom. The number of anilines is 2. The Morgan fingerprint density at radius 3 is 2.74 bits per heavy atom. The fraction of sp³-hybridized carbons (Fsp3) is 0.261. The van der Waals surface area contributed by atoms with Crippen LogP contribution in [0.15, 0.2) is 47.7 Å². The van der Waals surface area contributed by atoms with Gasteiger partial charge in [0.25, 0.3) is 0 Å². The smallest absolute Gasteiger partial charge is 0.150 e. The number of hydrogen-bond donors (Lipinski definition) is 3. The Hall–Kier alpha value is -3.32. The van der Waals surface area contributed by atoms with Crippen LogP contribution < -0.4 is 10.1 Å². The van der Waals surface area contributed by atoms with Crippen LogP contribution in [0.1, 0.15) is 35.9 Å². The van der Waals surface area contributed by atoms with Gasteiger partial charge in [0.1, 0.15) is 23.2 Å². The van der Waals surface area contributed by atoms with E-state index in [0.717, 1.165) is 34.6 Å². The highest BCUT2D eigenvalue weighted by Crippen LogP contribution is 2.30. The van der Waals surface area contributed by atoms with Gasteiger partial charge in [-0.1, -0.05) is 24.6 Å². The Labute approximate surface area is 186 Å². The van der Waals surface area contributed by atoms with Crippen molar-refractivity contribution < 1.29 is 4.74 Å². The topological polar surface area (TPSA) is 107 Å². The number of nitrogens with zero attached hydrogens (tertiary/aromatic N) is 3. The third-order valence-corrected chi connectivity index (χ3v) is 5.01. The van der Waals surface area contributed by atoms with Crippen LogP contribution in [0.25, 0.3) is 0 Å². The van der Waals surface area contributed by atoms with E-state index in [-0.39, 0.29) is 5.84 Å². The van der Waals surface area contributed by atoms with Crippen molar-refractivity contribution in [2.75, 3.05) is 5.32 Å². The number of benzene rings is 1. The molecular weight excluding hydrogens is 412 g/mol. The van der Waals surface area contributed by atoms with Crippen LogP contribution in [-0.4, -0.2) is 15.8 Å². The van der Waals surface area contributed by atoms with E-state index in [1.807, 2.05) is 39.0 Å². The minimum absolute atomic E-state index is 0.0689. The molecule has 160 valence electrons. The number of halogens is 1. The molecule has 3 rings (SSSR count). The summed E-state index contributed by atoms with van der Waals surface area (Å²) >= 11 is 6.29. The van der Waals surface area contributed by atoms with Crippen molar-refractivity contribution in [1.82, 2.24) is 9.97 Å². The predicted molar refractivity (Wildman–Crippen MR) is 123 cm³/mol. The second-order valence-corrected chi connectivity index (χ2v) is 7.63. The minimum atomic E-state index is 0.0689. The highest BCUT2D eigenvalue weighted by atomic mass is 35.5. The normalized spacial score (nSPS) is 10.6. The van der Waals surface area contributed by atoms with E-state index in [1.165, 1.54) is 0 Å². The molecule has 2 heterocycles. The second-order valence-electron chi connectivity index (χ2n) is 7.22. The molecule has 0 unspecified atom stereocenters. The first kappa shape index (κ1) is 22.4. The molecule has 0 fully saturated rings. The summed E-state index contributed by atoms with van der Waals surface area (Å²) in [5.41, 5.74) is 11.6. The summed E-state index contributed by atoms with van der Waals surface area (Å²) in [6.45, 7) is 5.93. The van der Waals surface area contributed by atoms with E-state index in [1.54, 1.807) is 18.3 Å². The lowest BCUT2D eigenvalue weighted by Crippen LogP contribution is -1.99. The van der Waals surface area contributed by atoms with E-state index in [9.17, 15) is 0 Å². The average Bonchev–Trinajstić information content (AvgIpc) is 2.74. The summed E-state index contributed by atoms with van der Waals surface area (Å²) in [6.07, 6.45) is 3.52. The lowest BCUT2D eigenvalue weighted by Gasteiger charge is -2.13. The van der Waals surface area contributed by atoms with Crippen LogP contribution in [0.3, 0.4) is 0 Å². The van der Waals surface area contributed by atoms with Gasteiger partial charge in [-0.15, -0.1) is 5.11 Å². The molecule has 0 aliphatic rings. The molecule has 0 amide bonds. The van der Waals surface area contributed by atoms with Crippen LogP contribution in [0.4, 0.5) is 11.5 Å². The van der Waals surface area contributed by atoms with Crippen molar-refractivity contribution in [3.8, 4) is 11.5 Å². The molecule has 0 saturated carbocycles. The van der Waals surface area contributed by atoms with E-state index in [0.29, 0.717) is 35.2 Å². The van der Waals surface area contributed by atoms with Crippen molar-refractivity contribution in [2.24, 2.45) is 5.11 Å². The van der Waals surface area contributed by atoms with E-state index >= 15 is 0 Å². The zero-order valence-corrected chi connectivity index (χ0v) is 18.5. The van der Waals surface area contributed by atoms with Crippen LogP contribution in [0.2, 0.25) is 5.02 Å². The summed E-state index contributed by atoms with van der Waals surface area (Å²) in [5.74, 6) is 1.95. The van der Waals surface area contributed by atoms with Crippen molar-refractivity contribution in [1.29, 1.82) is 10.9 Å². The zero-order valence-electron chi connectivity index (χ0n) is 17.8. The summed E-state index contributed by atoms with van der Waals surface area (Å²) in [6, 6.07) is 11.5. The summed E-state index contributed by atoms with van der Waals surface area (Å²) in [5, 5.41) is 14.6. The molecule has 1 aromatic carbocycles. The molecule has 8 heteroatoms. The molecule has 0 aliphatic carbocycles. The molecule has 0 saturated heterocycles. The van der Waals surface area contributed by atoms with Crippen molar-refractivity contribution in [3.05, 3.63) is 70.1 Å². The number of amidine groups is 1. The molecule has 31 heavy (non-hydrogen) atoms. The van der Waals surface area contributed by atoms with Gasteiger partial charge in [-0.25, -0.2) is 10.5 Å². The van der Waals surface area contributed by atoms with Gasteiger partial charge in [0.2, 0.25) is 0 Å². The van der Waals surface area contributed by atoms with E-state index < -0.39 is 0 Å². The molecule has 0 atom stereocenters. The number of nitrogens with one attached hydrogen (secondary N) is 3. The Bertz CT molecular complexity index is 1120. The van der Waals surface area contributed by atoms with Gasteiger partial charge in [-0.05, 0) is 56.0 Å². The molecule has 0 radical (unpaired) electrons. The van der Waals surface area contributed by atoms with Gasteiger partial charge >= 0.3 is 0 Å². The zero-order chi connectivity index (χ0) is 22.4. The molecular formula is C23H25ClN6O. The van der Waals surface area contributed by atoms with Crippen LogP contribution in [0.5, 0.6) is 11.5 Å². The molecule has 7 nitrogen and oxygen atoms in total. The van der Waals surface area contributed by atoms with Gasteiger partial charge in [0.05, 0.1) is 16.4 Å². The number of pyridine rings is 2. The number of hydrogen-bond acceptors (Lipinski definition) is 6. The van der Waals surface area contributed by atoms with E-state index in [4.69, 9.17) is 27.3 Å². The van der Waals surface area contributed by atoms with Gasteiger partial charge in [0, 0.05) is 30.4 Å². The minimum Gasteiger partial charge on any atom is -0.455 e. The molecule has 3 N–H and O–H groups in total. The molecule has 2 aromatic heterocycles. The fourth-order valence-corrected chi connectivity index (χ4v) is 3.46. The monoisotopic (exact) mass is 436 g/mol. The number of aromatic nitrogens is 2. The Balaban J connectivity index is 1.77. The van der Waals surface area contributed by atoms with Gasteiger partial charge < -0.3 is 10.1 Å². The lowest BCUT2D eigenvalue weighted by atomic mass is 10.1. The first-order valence-corrected chi connectivity index (χ1v) is 10.4. The maximum Gasteiger partial charge on any atom is 0.150 e. The Kier molecular flexibility index (Phi) is 7.31. The fourth-order valence-electron chi connectivity index (χ4n) is 3.18.